The lowest BCUT2D eigenvalue weighted by Gasteiger charge is -2.44. The summed E-state index contributed by atoms with van der Waals surface area (Å²) in [5, 5.41) is 11.8. The van der Waals surface area contributed by atoms with Crippen molar-refractivity contribution >= 4 is 44.6 Å². The first kappa shape index (κ1) is 18.0. The van der Waals surface area contributed by atoms with Gasteiger partial charge in [-0.3, -0.25) is 4.79 Å². The van der Waals surface area contributed by atoms with Crippen LogP contribution in [0, 0.1) is 0 Å². The summed E-state index contributed by atoms with van der Waals surface area (Å²) in [5.74, 6) is 0.938. The van der Waals surface area contributed by atoms with Gasteiger partial charge in [-0.05, 0) is 35.7 Å². The average Bonchev–Trinajstić information content (AvgIpc) is 3.48. The number of ether oxygens (including phenoxy) is 2. The van der Waals surface area contributed by atoms with E-state index in [4.69, 9.17) is 14.6 Å². The van der Waals surface area contributed by atoms with Gasteiger partial charge in [-0.1, -0.05) is 34.1 Å². The first-order chi connectivity index (χ1) is 14.6. The van der Waals surface area contributed by atoms with Gasteiger partial charge in [-0.15, -0.1) is 11.3 Å². The molecule has 0 aliphatic carbocycles. The van der Waals surface area contributed by atoms with Crippen molar-refractivity contribution in [3.05, 3.63) is 74.4 Å². The minimum Gasteiger partial charge on any atom is -0.493 e. The van der Waals surface area contributed by atoms with Gasteiger partial charge in [0.2, 0.25) is 0 Å². The van der Waals surface area contributed by atoms with E-state index >= 15 is 0 Å². The standard InChI is InChI=1S/C22H16BrN3O3S/c1-28-18-5-2-4-13-17-11-16(19-6-3-9-30-19)25-26(17)22(29-20(13)18)14-10-12(23)7-8-15(14)24-21(22)27/h2-10,17H,11H2,1H3,(H,24,27)/t17-,22+/m1/s1. The van der Waals surface area contributed by atoms with E-state index in [2.05, 4.69) is 27.3 Å². The second-order valence-corrected chi connectivity index (χ2v) is 9.22. The number of hydrazone groups is 1. The number of rotatable bonds is 2. The number of hydrogen-bond donors (Lipinski definition) is 1. The Bertz CT molecular complexity index is 1230. The number of amides is 1. The molecule has 1 aromatic heterocycles. The Labute approximate surface area is 185 Å². The van der Waals surface area contributed by atoms with Crippen molar-refractivity contribution < 1.29 is 14.3 Å². The maximum atomic E-state index is 13.5. The monoisotopic (exact) mass is 481 g/mol. The molecular formula is C22H16BrN3O3S. The van der Waals surface area contributed by atoms with Crippen LogP contribution in [0.25, 0.3) is 0 Å². The highest BCUT2D eigenvalue weighted by molar-refractivity contribution is 9.10. The summed E-state index contributed by atoms with van der Waals surface area (Å²) in [5.41, 5.74) is 1.97. The fourth-order valence-electron chi connectivity index (χ4n) is 4.46. The second-order valence-electron chi connectivity index (χ2n) is 7.36. The summed E-state index contributed by atoms with van der Waals surface area (Å²) in [4.78, 5) is 14.6. The van der Waals surface area contributed by atoms with E-state index in [1.165, 1.54) is 0 Å². The summed E-state index contributed by atoms with van der Waals surface area (Å²) >= 11 is 5.18. The highest BCUT2D eigenvalue weighted by atomic mass is 79.9. The van der Waals surface area contributed by atoms with Gasteiger partial charge in [0.1, 0.15) is 0 Å². The number of fused-ring (bicyclic) bond motifs is 6. The average molecular weight is 482 g/mol. The molecule has 8 heteroatoms. The van der Waals surface area contributed by atoms with Crippen molar-refractivity contribution in [2.24, 2.45) is 5.10 Å². The molecule has 4 heterocycles. The molecule has 0 unspecified atom stereocenters. The van der Waals surface area contributed by atoms with E-state index < -0.39 is 5.72 Å². The number of hydrogen-bond acceptors (Lipinski definition) is 6. The lowest BCUT2D eigenvalue weighted by atomic mass is 9.93. The molecule has 150 valence electrons. The quantitative estimate of drug-likeness (QED) is 0.567. The molecule has 3 aliphatic heterocycles. The molecular weight excluding hydrogens is 466 g/mol. The number of anilines is 1. The molecule has 3 aromatic rings. The van der Waals surface area contributed by atoms with Crippen molar-refractivity contribution in [2.45, 2.75) is 18.2 Å². The minimum atomic E-state index is -1.40. The predicted molar refractivity (Wildman–Crippen MR) is 118 cm³/mol. The van der Waals surface area contributed by atoms with E-state index in [1.54, 1.807) is 18.4 Å². The molecule has 30 heavy (non-hydrogen) atoms. The number of para-hydroxylation sites is 1. The Balaban J connectivity index is 1.62. The van der Waals surface area contributed by atoms with Gasteiger partial charge >= 0.3 is 5.72 Å². The Morgan fingerprint density at radius 2 is 2.20 bits per heavy atom. The molecule has 1 N–H and O–H groups in total. The van der Waals surface area contributed by atoms with E-state index in [1.807, 2.05) is 52.9 Å². The van der Waals surface area contributed by atoms with Crippen LogP contribution in [-0.2, 0) is 10.5 Å². The third kappa shape index (κ3) is 2.29. The highest BCUT2D eigenvalue weighted by Gasteiger charge is 2.61. The Hall–Kier alpha value is -2.84. The number of benzene rings is 2. The number of nitrogens with zero attached hydrogens (tertiary/aromatic N) is 2. The molecule has 0 fully saturated rings. The van der Waals surface area contributed by atoms with Gasteiger partial charge in [-0.2, -0.15) is 5.10 Å². The van der Waals surface area contributed by atoms with Crippen LogP contribution in [0.2, 0.25) is 0 Å². The van der Waals surface area contributed by atoms with E-state index in [0.29, 0.717) is 17.9 Å². The molecule has 0 radical (unpaired) electrons. The van der Waals surface area contributed by atoms with Crippen LogP contribution in [0.15, 0.2) is 63.5 Å². The zero-order valence-corrected chi connectivity index (χ0v) is 18.3. The van der Waals surface area contributed by atoms with Gasteiger partial charge in [-0.25, -0.2) is 5.01 Å². The summed E-state index contributed by atoms with van der Waals surface area (Å²) in [7, 11) is 1.61. The van der Waals surface area contributed by atoms with Crippen LogP contribution < -0.4 is 14.8 Å². The molecule has 0 bridgehead atoms. The van der Waals surface area contributed by atoms with Crippen LogP contribution in [0.1, 0.15) is 28.5 Å². The molecule has 6 rings (SSSR count). The number of carbonyl (C=O) groups excluding carboxylic acids is 1. The topological polar surface area (TPSA) is 63.2 Å². The number of halogens is 1. The third-order valence-corrected chi connectivity index (χ3v) is 7.19. The third-order valence-electron chi connectivity index (χ3n) is 5.78. The van der Waals surface area contributed by atoms with E-state index in [9.17, 15) is 4.79 Å². The number of thiophene rings is 1. The summed E-state index contributed by atoms with van der Waals surface area (Å²) in [6.07, 6.45) is 0.683. The van der Waals surface area contributed by atoms with Crippen molar-refractivity contribution in [1.82, 2.24) is 5.01 Å². The Morgan fingerprint density at radius 1 is 1.30 bits per heavy atom. The van der Waals surface area contributed by atoms with Crippen LogP contribution in [0.5, 0.6) is 11.5 Å². The molecule has 6 nitrogen and oxygen atoms in total. The lowest BCUT2D eigenvalue weighted by molar-refractivity contribution is -0.161. The van der Waals surface area contributed by atoms with Crippen molar-refractivity contribution in [2.75, 3.05) is 12.4 Å². The second kappa shape index (κ2) is 6.33. The van der Waals surface area contributed by atoms with Crippen molar-refractivity contribution in [1.29, 1.82) is 0 Å². The Kier molecular flexibility index (Phi) is 3.79. The molecule has 2 atom stereocenters. The molecule has 0 saturated carbocycles. The zero-order valence-electron chi connectivity index (χ0n) is 15.9. The summed E-state index contributed by atoms with van der Waals surface area (Å²) in [6, 6.07) is 15.4. The zero-order chi connectivity index (χ0) is 20.5. The van der Waals surface area contributed by atoms with Crippen molar-refractivity contribution in [3.8, 4) is 11.5 Å². The molecule has 1 spiro atoms. The number of carbonyl (C=O) groups is 1. The van der Waals surface area contributed by atoms with Gasteiger partial charge in [0.05, 0.1) is 35.0 Å². The van der Waals surface area contributed by atoms with Crippen LogP contribution >= 0.6 is 27.3 Å². The molecule has 3 aliphatic rings. The minimum absolute atomic E-state index is 0.142. The van der Waals surface area contributed by atoms with Gasteiger partial charge < -0.3 is 14.8 Å². The first-order valence-electron chi connectivity index (χ1n) is 9.50. The van der Waals surface area contributed by atoms with Crippen LogP contribution in [-0.4, -0.2) is 23.7 Å². The van der Waals surface area contributed by atoms with Gasteiger partial charge in [0, 0.05) is 16.5 Å². The SMILES string of the molecule is COc1cccc2c1O[C@@]1(C(=O)Nc3ccc(Br)cc31)N1N=C(c3cccs3)C[C@H]21. The predicted octanol–water partition coefficient (Wildman–Crippen LogP) is 4.87. The normalized spacial score (nSPS) is 23.4. The highest BCUT2D eigenvalue weighted by Crippen LogP contribution is 2.56. The summed E-state index contributed by atoms with van der Waals surface area (Å²) < 4.78 is 13.0. The fourth-order valence-corrected chi connectivity index (χ4v) is 5.54. The molecule has 0 saturated heterocycles. The largest absolute Gasteiger partial charge is 0.493 e. The van der Waals surface area contributed by atoms with E-state index in [-0.39, 0.29) is 11.9 Å². The Morgan fingerprint density at radius 3 is 3.00 bits per heavy atom. The number of nitrogens with one attached hydrogen (secondary N) is 1. The van der Waals surface area contributed by atoms with Gasteiger partial charge in [0.15, 0.2) is 11.5 Å². The summed E-state index contributed by atoms with van der Waals surface area (Å²) in [6.45, 7) is 0. The smallest absolute Gasteiger partial charge is 0.306 e. The number of methoxy groups -OCH3 is 1. The van der Waals surface area contributed by atoms with Gasteiger partial charge in [0.25, 0.3) is 5.91 Å². The maximum Gasteiger partial charge on any atom is 0.306 e. The van der Waals surface area contributed by atoms with Crippen LogP contribution in [0.4, 0.5) is 5.69 Å². The molecule has 2 aromatic carbocycles. The van der Waals surface area contributed by atoms with Crippen LogP contribution in [0.3, 0.4) is 0 Å². The fraction of sp³-hybridized carbons (Fsp3) is 0.182. The van der Waals surface area contributed by atoms with E-state index in [0.717, 1.165) is 31.9 Å². The molecule has 1 amide bonds. The first-order valence-corrected chi connectivity index (χ1v) is 11.2. The maximum absolute atomic E-state index is 13.5. The lowest BCUT2D eigenvalue weighted by Crippen LogP contribution is -2.55. The van der Waals surface area contributed by atoms with Crippen molar-refractivity contribution in [3.63, 3.8) is 0 Å².